The SMILES string of the molecule is O=C(O)C1CCCN(C(=O)CCOCc2ccccc2)C1. The van der Waals surface area contributed by atoms with E-state index in [1.807, 2.05) is 30.3 Å². The average molecular weight is 291 g/mol. The Hall–Kier alpha value is -1.88. The van der Waals surface area contributed by atoms with E-state index in [1.54, 1.807) is 4.90 Å². The van der Waals surface area contributed by atoms with Gasteiger partial charge in [-0.05, 0) is 18.4 Å². The molecule has 1 amide bonds. The second-order valence-corrected chi connectivity index (χ2v) is 5.31. The molecule has 21 heavy (non-hydrogen) atoms. The van der Waals surface area contributed by atoms with E-state index in [0.717, 1.165) is 12.0 Å². The minimum atomic E-state index is -0.812. The third-order valence-corrected chi connectivity index (χ3v) is 3.70. The van der Waals surface area contributed by atoms with E-state index >= 15 is 0 Å². The summed E-state index contributed by atoms with van der Waals surface area (Å²) in [5.41, 5.74) is 1.08. The summed E-state index contributed by atoms with van der Waals surface area (Å²) in [6.07, 6.45) is 1.72. The first-order chi connectivity index (χ1) is 10.2. The number of ether oxygens (including phenoxy) is 1. The Labute approximate surface area is 124 Å². The second-order valence-electron chi connectivity index (χ2n) is 5.31. The molecule has 1 aliphatic heterocycles. The number of carbonyl (C=O) groups excluding carboxylic acids is 1. The third-order valence-electron chi connectivity index (χ3n) is 3.70. The van der Waals surface area contributed by atoms with Crippen LogP contribution in [0.5, 0.6) is 0 Å². The van der Waals surface area contributed by atoms with Crippen molar-refractivity contribution in [1.29, 1.82) is 0 Å². The van der Waals surface area contributed by atoms with E-state index in [0.29, 0.717) is 39.1 Å². The van der Waals surface area contributed by atoms with Crippen LogP contribution in [-0.2, 0) is 20.9 Å². The number of aliphatic carboxylic acids is 1. The molecule has 1 N–H and O–H groups in total. The summed E-state index contributed by atoms with van der Waals surface area (Å²) < 4.78 is 5.49. The van der Waals surface area contributed by atoms with Crippen LogP contribution in [0, 0.1) is 5.92 Å². The van der Waals surface area contributed by atoms with Crippen molar-refractivity contribution in [1.82, 2.24) is 4.90 Å². The number of rotatable bonds is 6. The van der Waals surface area contributed by atoms with Crippen molar-refractivity contribution in [3.63, 3.8) is 0 Å². The minimum absolute atomic E-state index is 0.0194. The molecule has 0 aromatic heterocycles. The van der Waals surface area contributed by atoms with Crippen LogP contribution in [0.4, 0.5) is 0 Å². The van der Waals surface area contributed by atoms with Crippen molar-refractivity contribution >= 4 is 11.9 Å². The zero-order chi connectivity index (χ0) is 15.1. The van der Waals surface area contributed by atoms with E-state index in [4.69, 9.17) is 9.84 Å². The predicted molar refractivity (Wildman–Crippen MR) is 77.7 cm³/mol. The van der Waals surface area contributed by atoms with Gasteiger partial charge in [0.15, 0.2) is 0 Å². The van der Waals surface area contributed by atoms with Gasteiger partial charge < -0.3 is 14.7 Å². The largest absolute Gasteiger partial charge is 0.481 e. The molecule has 5 nitrogen and oxygen atoms in total. The van der Waals surface area contributed by atoms with Gasteiger partial charge in [0.2, 0.25) is 5.91 Å². The maximum atomic E-state index is 12.0. The topological polar surface area (TPSA) is 66.8 Å². The summed E-state index contributed by atoms with van der Waals surface area (Å²) in [6, 6.07) is 9.79. The molecule has 0 bridgehead atoms. The van der Waals surface area contributed by atoms with Gasteiger partial charge in [0.05, 0.1) is 25.6 Å². The summed E-state index contributed by atoms with van der Waals surface area (Å²) in [4.78, 5) is 24.7. The lowest BCUT2D eigenvalue weighted by atomic mass is 9.98. The second kappa shape index (κ2) is 7.78. The lowest BCUT2D eigenvalue weighted by Gasteiger charge is -2.30. The first kappa shape index (κ1) is 15.5. The van der Waals surface area contributed by atoms with Gasteiger partial charge >= 0.3 is 5.97 Å². The van der Waals surface area contributed by atoms with E-state index in [9.17, 15) is 9.59 Å². The zero-order valence-electron chi connectivity index (χ0n) is 12.0. The average Bonchev–Trinajstić information content (AvgIpc) is 2.52. The molecule has 0 radical (unpaired) electrons. The first-order valence-corrected chi connectivity index (χ1v) is 7.29. The van der Waals surface area contributed by atoms with Crippen LogP contribution in [0.25, 0.3) is 0 Å². The van der Waals surface area contributed by atoms with Crippen molar-refractivity contribution in [3.05, 3.63) is 35.9 Å². The van der Waals surface area contributed by atoms with Gasteiger partial charge in [0, 0.05) is 13.1 Å². The van der Waals surface area contributed by atoms with Crippen molar-refractivity contribution in [2.24, 2.45) is 5.92 Å². The van der Waals surface area contributed by atoms with Gasteiger partial charge in [-0.2, -0.15) is 0 Å². The highest BCUT2D eigenvalue weighted by Crippen LogP contribution is 2.17. The molecule has 5 heteroatoms. The smallest absolute Gasteiger partial charge is 0.308 e. The molecule has 0 spiro atoms. The fourth-order valence-corrected chi connectivity index (χ4v) is 2.49. The summed E-state index contributed by atoms with van der Waals surface area (Å²) in [6.45, 7) is 1.84. The van der Waals surface area contributed by atoms with E-state index in [2.05, 4.69) is 0 Å². The Kier molecular flexibility index (Phi) is 5.75. The Morgan fingerprint density at radius 2 is 2.05 bits per heavy atom. The van der Waals surface area contributed by atoms with Crippen LogP contribution >= 0.6 is 0 Å². The number of carboxylic acids is 1. The molecule has 0 aliphatic carbocycles. The fourth-order valence-electron chi connectivity index (χ4n) is 2.49. The summed E-state index contributed by atoms with van der Waals surface area (Å²) >= 11 is 0. The summed E-state index contributed by atoms with van der Waals surface area (Å²) in [5, 5.41) is 9.02. The van der Waals surface area contributed by atoms with E-state index < -0.39 is 11.9 Å². The monoisotopic (exact) mass is 291 g/mol. The van der Waals surface area contributed by atoms with Crippen LogP contribution in [0.1, 0.15) is 24.8 Å². The standard InChI is InChI=1S/C16H21NO4/c18-15(17-9-4-7-14(11-17)16(19)20)8-10-21-12-13-5-2-1-3-6-13/h1-3,5-6,14H,4,7-12H2,(H,19,20). The molecule has 1 heterocycles. The number of likely N-dealkylation sites (tertiary alicyclic amines) is 1. The number of hydrogen-bond acceptors (Lipinski definition) is 3. The Balaban J connectivity index is 1.68. The van der Waals surface area contributed by atoms with Crippen molar-refractivity contribution in [2.45, 2.75) is 25.9 Å². The van der Waals surface area contributed by atoms with E-state index in [1.165, 1.54) is 0 Å². The molecule has 1 fully saturated rings. The van der Waals surface area contributed by atoms with Crippen molar-refractivity contribution in [2.75, 3.05) is 19.7 Å². The van der Waals surface area contributed by atoms with Crippen molar-refractivity contribution < 1.29 is 19.4 Å². The molecule has 2 rings (SSSR count). The third kappa shape index (κ3) is 4.86. The van der Waals surface area contributed by atoms with Crippen LogP contribution in [-0.4, -0.2) is 41.6 Å². The maximum absolute atomic E-state index is 12.0. The zero-order valence-corrected chi connectivity index (χ0v) is 12.0. The molecular weight excluding hydrogens is 270 g/mol. The summed E-state index contributed by atoms with van der Waals surface area (Å²) in [7, 11) is 0. The Morgan fingerprint density at radius 3 is 2.76 bits per heavy atom. The highest BCUT2D eigenvalue weighted by Gasteiger charge is 2.27. The molecule has 114 valence electrons. The number of carbonyl (C=O) groups is 2. The number of amides is 1. The van der Waals surface area contributed by atoms with Crippen LogP contribution in [0.2, 0.25) is 0 Å². The molecule has 1 unspecified atom stereocenters. The molecule has 1 aromatic rings. The molecule has 1 aromatic carbocycles. The quantitative estimate of drug-likeness (QED) is 0.813. The first-order valence-electron chi connectivity index (χ1n) is 7.29. The Morgan fingerprint density at radius 1 is 1.29 bits per heavy atom. The number of piperidine rings is 1. The number of carboxylic acid groups (broad SMARTS) is 1. The van der Waals surface area contributed by atoms with Crippen LogP contribution < -0.4 is 0 Å². The van der Waals surface area contributed by atoms with Gasteiger partial charge in [-0.15, -0.1) is 0 Å². The van der Waals surface area contributed by atoms with Gasteiger partial charge in [-0.1, -0.05) is 30.3 Å². The highest BCUT2D eigenvalue weighted by molar-refractivity contribution is 5.78. The number of hydrogen-bond donors (Lipinski definition) is 1. The molecule has 0 saturated carbocycles. The van der Waals surface area contributed by atoms with Gasteiger partial charge in [-0.25, -0.2) is 0 Å². The van der Waals surface area contributed by atoms with Crippen LogP contribution in [0.15, 0.2) is 30.3 Å². The predicted octanol–water partition coefficient (Wildman–Crippen LogP) is 1.92. The van der Waals surface area contributed by atoms with Gasteiger partial charge in [0.1, 0.15) is 0 Å². The van der Waals surface area contributed by atoms with E-state index in [-0.39, 0.29) is 5.91 Å². The minimum Gasteiger partial charge on any atom is -0.481 e. The number of nitrogens with zero attached hydrogens (tertiary/aromatic N) is 1. The fraction of sp³-hybridized carbons (Fsp3) is 0.500. The van der Waals surface area contributed by atoms with Crippen molar-refractivity contribution in [3.8, 4) is 0 Å². The lowest BCUT2D eigenvalue weighted by Crippen LogP contribution is -2.42. The normalized spacial score (nSPS) is 18.5. The summed E-state index contributed by atoms with van der Waals surface area (Å²) in [5.74, 6) is -1.25. The molecular formula is C16H21NO4. The number of benzene rings is 1. The molecule has 1 aliphatic rings. The molecule has 1 atom stereocenters. The van der Waals surface area contributed by atoms with Crippen LogP contribution in [0.3, 0.4) is 0 Å². The maximum Gasteiger partial charge on any atom is 0.308 e. The highest BCUT2D eigenvalue weighted by atomic mass is 16.5. The lowest BCUT2D eigenvalue weighted by molar-refractivity contribution is -0.145. The van der Waals surface area contributed by atoms with Gasteiger partial charge in [-0.3, -0.25) is 9.59 Å². The Bertz CT molecular complexity index is 474. The molecule has 1 saturated heterocycles. The van der Waals surface area contributed by atoms with Gasteiger partial charge in [0.25, 0.3) is 0 Å².